The van der Waals surface area contributed by atoms with E-state index in [0.717, 1.165) is 23.4 Å². The highest BCUT2D eigenvalue weighted by molar-refractivity contribution is 6.33. The Balaban J connectivity index is 1.58. The molecule has 146 valence electrons. The molecule has 7 heteroatoms. The van der Waals surface area contributed by atoms with Crippen molar-refractivity contribution in [3.8, 4) is 0 Å². The Bertz CT molecular complexity index is 1190. The van der Waals surface area contributed by atoms with Gasteiger partial charge >= 0.3 is 0 Å². The number of benzene rings is 2. The molecule has 0 fully saturated rings. The third-order valence-electron chi connectivity index (χ3n) is 4.78. The Morgan fingerprint density at radius 1 is 1.03 bits per heavy atom. The van der Waals surface area contributed by atoms with Crippen LogP contribution in [0.25, 0.3) is 5.78 Å². The Kier molecular flexibility index (Phi) is 5.27. The molecule has 0 spiro atoms. The van der Waals surface area contributed by atoms with Crippen molar-refractivity contribution in [1.29, 1.82) is 0 Å². The van der Waals surface area contributed by atoms with Gasteiger partial charge in [0.05, 0.1) is 17.1 Å². The lowest BCUT2D eigenvalue weighted by Crippen LogP contribution is -2.15. The molecular weight excluding hydrogens is 386 g/mol. The largest absolute Gasteiger partial charge is 0.324 e. The molecular formula is C22H20ClN5O. The van der Waals surface area contributed by atoms with Crippen molar-refractivity contribution in [2.45, 2.75) is 26.7 Å². The Morgan fingerprint density at radius 3 is 2.52 bits per heavy atom. The second-order valence-electron chi connectivity index (χ2n) is 6.87. The van der Waals surface area contributed by atoms with Gasteiger partial charge in [0.1, 0.15) is 0 Å². The summed E-state index contributed by atoms with van der Waals surface area (Å²) >= 11 is 6.10. The van der Waals surface area contributed by atoms with Crippen molar-refractivity contribution < 1.29 is 4.79 Å². The van der Waals surface area contributed by atoms with Crippen LogP contribution in [0.2, 0.25) is 5.02 Å². The molecule has 0 unspecified atom stereocenters. The lowest BCUT2D eigenvalue weighted by molar-refractivity contribution is -0.115. The van der Waals surface area contributed by atoms with Crippen LogP contribution >= 0.6 is 11.6 Å². The molecule has 4 rings (SSSR count). The van der Waals surface area contributed by atoms with E-state index in [4.69, 9.17) is 11.6 Å². The Hall–Kier alpha value is -3.25. The van der Waals surface area contributed by atoms with Crippen LogP contribution in [0.1, 0.15) is 28.3 Å². The highest BCUT2D eigenvalue weighted by atomic mass is 35.5. The average molecular weight is 406 g/mol. The minimum atomic E-state index is -0.229. The molecule has 0 bridgehead atoms. The first-order valence-electron chi connectivity index (χ1n) is 9.31. The number of nitrogens with one attached hydrogen (secondary N) is 1. The van der Waals surface area contributed by atoms with Gasteiger partial charge in [0, 0.05) is 17.8 Å². The third kappa shape index (κ3) is 4.12. The van der Waals surface area contributed by atoms with Gasteiger partial charge in [0.25, 0.3) is 5.78 Å². The third-order valence-corrected chi connectivity index (χ3v) is 5.11. The summed E-state index contributed by atoms with van der Waals surface area (Å²) < 4.78 is 1.71. The molecule has 6 nitrogen and oxygen atoms in total. The summed E-state index contributed by atoms with van der Waals surface area (Å²) in [6, 6.07) is 17.3. The van der Waals surface area contributed by atoms with Gasteiger partial charge in [-0.25, -0.2) is 9.50 Å². The van der Waals surface area contributed by atoms with Crippen LogP contribution in [0.3, 0.4) is 0 Å². The van der Waals surface area contributed by atoms with E-state index in [1.807, 2.05) is 44.2 Å². The molecule has 2 heterocycles. The maximum absolute atomic E-state index is 12.4. The van der Waals surface area contributed by atoms with Crippen LogP contribution in [0.4, 0.5) is 5.69 Å². The number of carbonyl (C=O) groups excluding carboxylic acids is 1. The molecule has 0 aliphatic heterocycles. The topological polar surface area (TPSA) is 72.2 Å². The molecule has 2 aromatic carbocycles. The fourth-order valence-electron chi connectivity index (χ4n) is 3.28. The van der Waals surface area contributed by atoms with Gasteiger partial charge in [-0.1, -0.05) is 54.1 Å². The highest BCUT2D eigenvalue weighted by Gasteiger charge is 2.16. The van der Waals surface area contributed by atoms with E-state index in [9.17, 15) is 4.79 Å². The predicted molar refractivity (Wildman–Crippen MR) is 113 cm³/mol. The van der Waals surface area contributed by atoms with Crippen molar-refractivity contribution in [2.75, 3.05) is 5.32 Å². The van der Waals surface area contributed by atoms with E-state index in [1.165, 1.54) is 5.56 Å². The van der Waals surface area contributed by atoms with Gasteiger partial charge in [-0.2, -0.15) is 4.98 Å². The number of fused-ring (bicyclic) bond motifs is 1. The summed E-state index contributed by atoms with van der Waals surface area (Å²) in [5, 5.41) is 7.79. The van der Waals surface area contributed by atoms with E-state index < -0.39 is 0 Å². The summed E-state index contributed by atoms with van der Waals surface area (Å²) in [6.07, 6.45) is 0.810. The molecule has 0 radical (unpaired) electrons. The van der Waals surface area contributed by atoms with Gasteiger partial charge in [0.2, 0.25) is 5.91 Å². The minimum absolute atomic E-state index is 0.0427. The van der Waals surface area contributed by atoms with E-state index in [2.05, 4.69) is 32.5 Å². The van der Waals surface area contributed by atoms with Crippen LogP contribution in [-0.4, -0.2) is 25.5 Å². The first kappa shape index (κ1) is 19.1. The number of para-hydroxylation sites is 1. The van der Waals surface area contributed by atoms with Crippen LogP contribution in [0, 0.1) is 13.8 Å². The van der Waals surface area contributed by atoms with Gasteiger partial charge in [-0.3, -0.25) is 4.79 Å². The number of hydrogen-bond donors (Lipinski definition) is 1. The average Bonchev–Trinajstić information content (AvgIpc) is 3.10. The maximum atomic E-state index is 12.4. The predicted octanol–water partition coefficient (Wildman–Crippen LogP) is 4.17. The Labute approximate surface area is 173 Å². The van der Waals surface area contributed by atoms with Crippen LogP contribution < -0.4 is 5.32 Å². The van der Waals surface area contributed by atoms with Crippen molar-refractivity contribution in [3.05, 3.63) is 88.0 Å². The van der Waals surface area contributed by atoms with Crippen LogP contribution in [0.5, 0.6) is 0 Å². The van der Waals surface area contributed by atoms with Crippen molar-refractivity contribution in [1.82, 2.24) is 19.6 Å². The molecule has 0 saturated carbocycles. The van der Waals surface area contributed by atoms with Crippen molar-refractivity contribution in [3.63, 3.8) is 0 Å². The van der Waals surface area contributed by atoms with Crippen molar-refractivity contribution in [2.24, 2.45) is 0 Å². The number of aryl methyl sites for hydroxylation is 2. The summed E-state index contributed by atoms with van der Waals surface area (Å²) in [7, 11) is 0. The molecule has 1 N–H and O–H groups in total. The smallest absolute Gasteiger partial charge is 0.252 e. The first-order valence-corrected chi connectivity index (χ1v) is 9.69. The quantitative estimate of drug-likeness (QED) is 0.541. The van der Waals surface area contributed by atoms with E-state index >= 15 is 0 Å². The lowest BCUT2D eigenvalue weighted by Gasteiger charge is -2.10. The normalized spacial score (nSPS) is 11.0. The molecule has 0 aliphatic rings. The number of nitrogens with zero attached hydrogens (tertiary/aromatic N) is 4. The molecule has 0 aliphatic carbocycles. The summed E-state index contributed by atoms with van der Waals surface area (Å²) in [5.74, 6) is 0.687. The minimum Gasteiger partial charge on any atom is -0.324 e. The number of hydrogen-bond acceptors (Lipinski definition) is 4. The van der Waals surface area contributed by atoms with Gasteiger partial charge in [-0.05, 0) is 37.1 Å². The number of rotatable bonds is 5. The summed E-state index contributed by atoms with van der Waals surface area (Å²) in [6.45, 7) is 3.98. The maximum Gasteiger partial charge on any atom is 0.252 e. The molecule has 4 aromatic rings. The zero-order chi connectivity index (χ0) is 20.4. The van der Waals surface area contributed by atoms with Crippen LogP contribution in [0.15, 0.2) is 54.6 Å². The molecule has 29 heavy (non-hydrogen) atoms. The summed E-state index contributed by atoms with van der Waals surface area (Å²) in [4.78, 5) is 21.4. The first-order chi connectivity index (χ1) is 14.0. The van der Waals surface area contributed by atoms with E-state index in [-0.39, 0.29) is 12.3 Å². The zero-order valence-electron chi connectivity index (χ0n) is 16.2. The fraction of sp³-hybridized carbons (Fsp3) is 0.182. The zero-order valence-corrected chi connectivity index (χ0v) is 16.9. The second kappa shape index (κ2) is 8.01. The fourth-order valence-corrected chi connectivity index (χ4v) is 3.46. The highest BCUT2D eigenvalue weighted by Crippen LogP contribution is 2.21. The molecule has 0 saturated heterocycles. The number of anilines is 1. The monoisotopic (exact) mass is 405 g/mol. The number of amides is 1. The molecule has 0 atom stereocenters. The number of halogens is 1. The SMILES string of the molecule is Cc1nc2nc(CC(=O)Nc3ccccc3Cl)nn2c(C)c1Cc1ccccc1. The number of aromatic nitrogens is 4. The molecule has 2 aromatic heterocycles. The van der Waals surface area contributed by atoms with Crippen molar-refractivity contribution >= 4 is 29.0 Å². The van der Waals surface area contributed by atoms with Gasteiger partial charge in [0.15, 0.2) is 5.82 Å². The molecule has 1 amide bonds. The van der Waals surface area contributed by atoms with Gasteiger partial charge in [-0.15, -0.1) is 5.10 Å². The van der Waals surface area contributed by atoms with E-state index in [1.54, 1.807) is 16.6 Å². The summed E-state index contributed by atoms with van der Waals surface area (Å²) in [5.41, 5.74) is 4.78. The van der Waals surface area contributed by atoms with Crippen LogP contribution in [-0.2, 0) is 17.6 Å². The Morgan fingerprint density at radius 2 is 1.76 bits per heavy atom. The van der Waals surface area contributed by atoms with Gasteiger partial charge < -0.3 is 5.32 Å². The number of carbonyl (C=O) groups is 1. The lowest BCUT2D eigenvalue weighted by atomic mass is 10.0. The standard InChI is InChI=1S/C22H20ClN5O/c1-14-17(12-16-8-4-3-5-9-16)15(2)28-22(24-14)26-20(27-28)13-21(29)25-19-11-7-6-10-18(19)23/h3-11H,12-13H2,1-2H3,(H,25,29). The second-order valence-corrected chi connectivity index (χ2v) is 7.28. The van der Waals surface area contributed by atoms with E-state index in [0.29, 0.717) is 22.3 Å².